The van der Waals surface area contributed by atoms with Crippen LogP contribution in [0.4, 0.5) is 5.69 Å². The van der Waals surface area contributed by atoms with E-state index in [0.717, 1.165) is 11.1 Å². The van der Waals surface area contributed by atoms with E-state index in [1.165, 1.54) is 18.1 Å². The van der Waals surface area contributed by atoms with Crippen molar-refractivity contribution in [2.45, 2.75) is 39.8 Å². The molecule has 186 valence electrons. The van der Waals surface area contributed by atoms with Gasteiger partial charge in [0.2, 0.25) is 0 Å². The molecule has 1 aliphatic rings. The summed E-state index contributed by atoms with van der Waals surface area (Å²) in [6, 6.07) is 16.6. The van der Waals surface area contributed by atoms with Gasteiger partial charge in [0.05, 0.1) is 29.9 Å². The monoisotopic (exact) mass is 505 g/mol. The van der Waals surface area contributed by atoms with Crippen molar-refractivity contribution >= 4 is 34.7 Å². The van der Waals surface area contributed by atoms with Gasteiger partial charge in [0.15, 0.2) is 0 Å². The van der Waals surface area contributed by atoms with Gasteiger partial charge in [-0.2, -0.15) is 0 Å². The quantitative estimate of drug-likeness (QED) is 0.239. The number of ketones is 1. The minimum absolute atomic E-state index is 0.0267. The Kier molecular flexibility index (Phi) is 7.09. The van der Waals surface area contributed by atoms with Crippen LogP contribution in [0.2, 0.25) is 5.02 Å². The lowest BCUT2D eigenvalue weighted by atomic mass is 9.94. The van der Waals surface area contributed by atoms with E-state index in [0.29, 0.717) is 28.3 Å². The van der Waals surface area contributed by atoms with E-state index >= 15 is 0 Å². The molecule has 1 saturated heterocycles. The molecule has 4 rings (SSSR count). The Morgan fingerprint density at radius 2 is 1.75 bits per heavy atom. The third-order valence-electron chi connectivity index (χ3n) is 6.18. The first-order valence-electron chi connectivity index (χ1n) is 11.6. The number of ether oxygens (including phenoxy) is 2. The number of aliphatic hydroxyl groups excluding tert-OH is 1. The molecular weight excluding hydrogens is 478 g/mol. The first-order chi connectivity index (χ1) is 17.1. The summed E-state index contributed by atoms with van der Waals surface area (Å²) in [5, 5.41) is 11.6. The number of halogens is 1. The van der Waals surface area contributed by atoms with Crippen LogP contribution in [0.5, 0.6) is 11.5 Å². The zero-order chi connectivity index (χ0) is 26.1. The van der Waals surface area contributed by atoms with Gasteiger partial charge < -0.3 is 14.6 Å². The third-order valence-corrected chi connectivity index (χ3v) is 6.48. The Hall–Kier alpha value is -3.77. The van der Waals surface area contributed by atoms with Crippen molar-refractivity contribution in [2.24, 2.45) is 0 Å². The fourth-order valence-electron chi connectivity index (χ4n) is 4.29. The predicted octanol–water partition coefficient (Wildman–Crippen LogP) is 6.38. The average molecular weight is 506 g/mol. The highest BCUT2D eigenvalue weighted by Gasteiger charge is 2.47. The lowest BCUT2D eigenvalue weighted by Gasteiger charge is -2.26. The van der Waals surface area contributed by atoms with Crippen LogP contribution in [0.3, 0.4) is 0 Å². The maximum absolute atomic E-state index is 13.4. The summed E-state index contributed by atoms with van der Waals surface area (Å²) < 4.78 is 11.1. The molecule has 7 heteroatoms. The van der Waals surface area contributed by atoms with Crippen LogP contribution in [0.1, 0.15) is 42.1 Å². The minimum Gasteiger partial charge on any atom is -0.507 e. The molecule has 0 aromatic heterocycles. The number of aryl methyl sites for hydroxylation is 2. The molecule has 1 unspecified atom stereocenters. The van der Waals surface area contributed by atoms with E-state index in [2.05, 4.69) is 0 Å². The van der Waals surface area contributed by atoms with Gasteiger partial charge in [0, 0.05) is 11.3 Å². The van der Waals surface area contributed by atoms with Crippen LogP contribution in [0, 0.1) is 13.8 Å². The molecule has 0 saturated carbocycles. The highest BCUT2D eigenvalue weighted by Crippen LogP contribution is 2.43. The van der Waals surface area contributed by atoms with E-state index < -0.39 is 17.7 Å². The number of benzene rings is 3. The lowest BCUT2D eigenvalue weighted by molar-refractivity contribution is -0.132. The molecule has 1 aliphatic heterocycles. The van der Waals surface area contributed by atoms with Crippen molar-refractivity contribution in [3.05, 3.63) is 93.5 Å². The third kappa shape index (κ3) is 4.69. The Bertz CT molecular complexity index is 1380. The molecule has 36 heavy (non-hydrogen) atoms. The number of nitrogens with zero attached hydrogens (tertiary/aromatic N) is 1. The van der Waals surface area contributed by atoms with Gasteiger partial charge in [-0.15, -0.1) is 0 Å². The number of carbonyl (C=O) groups excluding carboxylic acids is 2. The smallest absolute Gasteiger partial charge is 0.300 e. The molecule has 0 radical (unpaired) electrons. The van der Waals surface area contributed by atoms with Crippen molar-refractivity contribution in [3.8, 4) is 11.5 Å². The molecule has 1 fully saturated rings. The van der Waals surface area contributed by atoms with Gasteiger partial charge in [-0.05, 0) is 86.8 Å². The highest BCUT2D eigenvalue weighted by atomic mass is 35.5. The van der Waals surface area contributed by atoms with E-state index in [-0.39, 0.29) is 22.5 Å². The molecule has 1 N–H and O–H groups in total. The van der Waals surface area contributed by atoms with Crippen molar-refractivity contribution in [3.63, 3.8) is 0 Å². The topological polar surface area (TPSA) is 76.1 Å². The number of carbonyl (C=O) groups is 2. The summed E-state index contributed by atoms with van der Waals surface area (Å²) in [5.41, 5.74) is 3.51. The Morgan fingerprint density at radius 1 is 1.00 bits per heavy atom. The van der Waals surface area contributed by atoms with Gasteiger partial charge in [-0.1, -0.05) is 29.8 Å². The number of Topliss-reactive ketones (excluding diaryl/α,β-unsaturated/α-hetero) is 1. The highest BCUT2D eigenvalue weighted by molar-refractivity contribution is 6.51. The minimum atomic E-state index is -0.872. The fraction of sp³-hybridized carbons (Fsp3) is 0.241. The van der Waals surface area contributed by atoms with Crippen molar-refractivity contribution in [2.75, 3.05) is 12.0 Å². The van der Waals surface area contributed by atoms with Crippen LogP contribution in [-0.4, -0.2) is 30.0 Å². The Labute approximate surface area is 215 Å². The summed E-state index contributed by atoms with van der Waals surface area (Å²) >= 11 is 6.29. The normalized spacial score (nSPS) is 17.1. The molecule has 0 spiro atoms. The van der Waals surface area contributed by atoms with Gasteiger partial charge in [-0.3, -0.25) is 14.5 Å². The van der Waals surface area contributed by atoms with Crippen molar-refractivity contribution in [1.82, 2.24) is 0 Å². The molecule has 3 aromatic carbocycles. The van der Waals surface area contributed by atoms with Crippen LogP contribution < -0.4 is 14.4 Å². The van der Waals surface area contributed by atoms with Gasteiger partial charge >= 0.3 is 0 Å². The fourth-order valence-corrected chi connectivity index (χ4v) is 4.55. The number of methoxy groups -OCH3 is 1. The molecule has 1 amide bonds. The second-order valence-electron chi connectivity index (χ2n) is 9.03. The van der Waals surface area contributed by atoms with Gasteiger partial charge in [0.1, 0.15) is 17.3 Å². The summed E-state index contributed by atoms with van der Waals surface area (Å²) in [4.78, 5) is 28.3. The molecule has 0 aliphatic carbocycles. The number of rotatable bonds is 6. The second kappa shape index (κ2) is 10.1. The lowest BCUT2D eigenvalue weighted by Crippen LogP contribution is -2.29. The maximum Gasteiger partial charge on any atom is 0.300 e. The summed E-state index contributed by atoms with van der Waals surface area (Å²) in [6.45, 7) is 7.76. The van der Waals surface area contributed by atoms with Gasteiger partial charge in [0.25, 0.3) is 11.7 Å². The first-order valence-corrected chi connectivity index (χ1v) is 12.0. The Balaban J connectivity index is 1.94. The number of aliphatic hydroxyl groups is 1. The second-order valence-corrected chi connectivity index (χ2v) is 9.43. The first kappa shape index (κ1) is 25.3. The largest absolute Gasteiger partial charge is 0.507 e. The predicted molar refractivity (Wildman–Crippen MR) is 141 cm³/mol. The van der Waals surface area contributed by atoms with Crippen LogP contribution in [0.25, 0.3) is 5.76 Å². The molecule has 6 nitrogen and oxygen atoms in total. The SMILES string of the molecule is COc1ccc(/C(O)=C2\C(=O)C(=O)N(c3ccc(C)c(C)c3)C2c2cccc(OC(C)C)c2)cc1Cl. The number of hydrogen-bond donors (Lipinski definition) is 1. The van der Waals surface area contributed by atoms with Crippen LogP contribution >= 0.6 is 11.6 Å². The summed E-state index contributed by atoms with van der Waals surface area (Å²) in [6.07, 6.45) is -0.0622. The zero-order valence-electron chi connectivity index (χ0n) is 20.8. The van der Waals surface area contributed by atoms with Crippen LogP contribution in [-0.2, 0) is 9.59 Å². The molecule has 1 atom stereocenters. The Morgan fingerprint density at radius 3 is 2.39 bits per heavy atom. The van der Waals surface area contributed by atoms with Gasteiger partial charge in [-0.25, -0.2) is 0 Å². The zero-order valence-corrected chi connectivity index (χ0v) is 21.6. The number of hydrogen-bond acceptors (Lipinski definition) is 5. The van der Waals surface area contributed by atoms with E-state index in [4.69, 9.17) is 21.1 Å². The van der Waals surface area contributed by atoms with Crippen LogP contribution in [0.15, 0.2) is 66.2 Å². The van der Waals surface area contributed by atoms with E-state index in [1.807, 2.05) is 52.0 Å². The van der Waals surface area contributed by atoms with Crippen molar-refractivity contribution in [1.29, 1.82) is 0 Å². The van der Waals surface area contributed by atoms with Crippen molar-refractivity contribution < 1.29 is 24.2 Å². The average Bonchev–Trinajstić information content (AvgIpc) is 3.10. The summed E-state index contributed by atoms with van der Waals surface area (Å²) in [7, 11) is 1.49. The maximum atomic E-state index is 13.4. The van der Waals surface area contributed by atoms with E-state index in [1.54, 1.807) is 30.3 Å². The van der Waals surface area contributed by atoms with E-state index in [9.17, 15) is 14.7 Å². The molecule has 1 heterocycles. The number of amides is 1. The number of anilines is 1. The molecule has 3 aromatic rings. The molecule has 0 bridgehead atoms. The molecular formula is C29H28ClNO5. The summed E-state index contributed by atoms with van der Waals surface area (Å²) in [5.74, 6) is -0.790. The standard InChI is InChI=1S/C29H28ClNO5/c1-16(2)36-22-8-6-7-19(14-22)26-25(27(32)20-10-12-24(35-5)23(30)15-20)28(33)29(34)31(26)21-11-9-17(3)18(4)13-21/h6-16,26,32H,1-5H3/b27-25+.